The van der Waals surface area contributed by atoms with Gasteiger partial charge in [-0.05, 0) is 26.2 Å². The van der Waals surface area contributed by atoms with Crippen molar-refractivity contribution in [2.45, 2.75) is 38.9 Å². The number of unbranched alkanes of at least 4 members (excludes halogenated alkanes) is 1. The van der Waals surface area contributed by atoms with Gasteiger partial charge in [-0.25, -0.2) is 0 Å². The molecule has 0 aliphatic carbocycles. The minimum absolute atomic E-state index is 0.874. The Balaban J connectivity index is 3.42. The van der Waals surface area contributed by atoms with E-state index in [1.165, 1.54) is 18.9 Å². The summed E-state index contributed by atoms with van der Waals surface area (Å²) in [7, 11) is 0.661. The maximum atomic E-state index is 5.85. The maximum absolute atomic E-state index is 5.85. The minimum atomic E-state index is -1.30. The van der Waals surface area contributed by atoms with Crippen molar-refractivity contribution in [2.75, 3.05) is 20.2 Å². The molecule has 0 aliphatic heterocycles. The van der Waals surface area contributed by atoms with Crippen molar-refractivity contribution in [3.05, 3.63) is 0 Å². The van der Waals surface area contributed by atoms with E-state index in [-0.39, 0.29) is 0 Å². The Bertz CT molecular complexity index is 107. The normalized spacial score (nSPS) is 12.0. The Kier molecular flexibility index (Phi) is 6.71. The van der Waals surface area contributed by atoms with Crippen LogP contribution in [0.2, 0.25) is 19.1 Å². The lowest BCUT2D eigenvalue weighted by molar-refractivity contribution is 0.307. The van der Waals surface area contributed by atoms with Crippen molar-refractivity contribution in [2.24, 2.45) is 0 Å². The molecule has 0 aromatic heterocycles. The Morgan fingerprint density at radius 2 is 2.00 bits per heavy atom. The summed E-state index contributed by atoms with van der Waals surface area (Å²) in [6.07, 6.45) is 2.60. The number of hydrogen-bond donors (Lipinski definition) is 1. The van der Waals surface area contributed by atoms with Gasteiger partial charge in [0.25, 0.3) is 0 Å². The first-order chi connectivity index (χ1) is 5.62. The van der Waals surface area contributed by atoms with Crippen LogP contribution in [0.1, 0.15) is 19.8 Å². The van der Waals surface area contributed by atoms with Crippen LogP contribution in [-0.2, 0) is 4.43 Å². The lowest BCUT2D eigenvalue weighted by atomic mass is 10.4. The molecule has 0 radical (unpaired) electrons. The quantitative estimate of drug-likeness (QED) is 0.490. The van der Waals surface area contributed by atoms with E-state index in [1.807, 2.05) is 7.05 Å². The fourth-order valence-electron chi connectivity index (χ4n) is 1.10. The highest BCUT2D eigenvalue weighted by Gasteiger charge is 2.20. The third-order valence-corrected chi connectivity index (χ3v) is 4.52. The summed E-state index contributed by atoms with van der Waals surface area (Å²) >= 11 is 0. The van der Waals surface area contributed by atoms with Crippen LogP contribution in [0.4, 0.5) is 0 Å². The second-order valence-electron chi connectivity index (χ2n) is 3.82. The summed E-state index contributed by atoms with van der Waals surface area (Å²) in [5, 5.41) is 3.09. The van der Waals surface area contributed by atoms with Gasteiger partial charge in [-0.15, -0.1) is 0 Å². The monoisotopic (exact) mass is 189 g/mol. The van der Waals surface area contributed by atoms with Gasteiger partial charge in [0, 0.05) is 13.2 Å². The van der Waals surface area contributed by atoms with E-state index in [2.05, 4.69) is 25.3 Å². The molecule has 0 rings (SSSR count). The largest absolute Gasteiger partial charge is 0.416 e. The topological polar surface area (TPSA) is 21.3 Å². The van der Waals surface area contributed by atoms with Crippen LogP contribution < -0.4 is 5.32 Å². The van der Waals surface area contributed by atoms with Gasteiger partial charge < -0.3 is 9.74 Å². The first kappa shape index (κ1) is 12.1. The Morgan fingerprint density at radius 3 is 2.50 bits per heavy atom. The molecular weight excluding hydrogens is 166 g/mol. The molecule has 0 aromatic rings. The fourth-order valence-corrected chi connectivity index (χ4v) is 3.11. The molecule has 74 valence electrons. The van der Waals surface area contributed by atoms with Crippen molar-refractivity contribution in [3.63, 3.8) is 0 Å². The van der Waals surface area contributed by atoms with Gasteiger partial charge in [0.1, 0.15) is 0 Å². The zero-order valence-electron chi connectivity index (χ0n) is 8.94. The molecule has 0 saturated carbocycles. The van der Waals surface area contributed by atoms with Crippen molar-refractivity contribution in [1.29, 1.82) is 0 Å². The molecule has 0 atom stereocenters. The van der Waals surface area contributed by atoms with Crippen LogP contribution in [-0.4, -0.2) is 28.5 Å². The number of rotatable bonds is 7. The van der Waals surface area contributed by atoms with Crippen LogP contribution in [0.15, 0.2) is 0 Å². The second kappa shape index (κ2) is 6.63. The molecule has 0 amide bonds. The second-order valence-corrected chi connectivity index (χ2v) is 8.12. The molecule has 12 heavy (non-hydrogen) atoms. The van der Waals surface area contributed by atoms with Gasteiger partial charge >= 0.3 is 0 Å². The summed E-state index contributed by atoms with van der Waals surface area (Å²) in [5.41, 5.74) is 0. The van der Waals surface area contributed by atoms with Crippen LogP contribution >= 0.6 is 0 Å². The van der Waals surface area contributed by atoms with Gasteiger partial charge in [0.2, 0.25) is 0 Å². The molecule has 0 unspecified atom stereocenters. The summed E-state index contributed by atoms with van der Waals surface area (Å²) < 4.78 is 5.85. The Hall–Kier alpha value is 0.137. The molecule has 0 fully saturated rings. The number of hydrogen-bond acceptors (Lipinski definition) is 2. The maximum Gasteiger partial charge on any atom is 0.186 e. The molecule has 0 aliphatic rings. The fraction of sp³-hybridized carbons (Fsp3) is 1.00. The van der Waals surface area contributed by atoms with E-state index in [1.54, 1.807) is 0 Å². The van der Waals surface area contributed by atoms with Crippen molar-refractivity contribution < 1.29 is 4.43 Å². The highest BCUT2D eigenvalue weighted by molar-refractivity contribution is 6.71. The zero-order chi connectivity index (χ0) is 9.45. The van der Waals surface area contributed by atoms with Crippen LogP contribution in [0.25, 0.3) is 0 Å². The van der Waals surface area contributed by atoms with E-state index < -0.39 is 8.32 Å². The lowest BCUT2D eigenvalue weighted by Crippen LogP contribution is -2.32. The highest BCUT2D eigenvalue weighted by atomic mass is 28.4. The molecule has 0 heterocycles. The van der Waals surface area contributed by atoms with Crippen molar-refractivity contribution in [1.82, 2.24) is 5.32 Å². The van der Waals surface area contributed by atoms with E-state index in [4.69, 9.17) is 4.43 Å². The van der Waals surface area contributed by atoms with Gasteiger partial charge in [0.05, 0.1) is 0 Å². The van der Waals surface area contributed by atoms with Gasteiger partial charge in [-0.1, -0.05) is 19.8 Å². The molecule has 1 N–H and O–H groups in total. The molecule has 2 nitrogen and oxygen atoms in total. The third-order valence-electron chi connectivity index (χ3n) is 1.98. The smallest absolute Gasteiger partial charge is 0.186 e. The summed E-state index contributed by atoms with van der Waals surface area (Å²) in [6.45, 7) is 8.69. The average molecular weight is 189 g/mol. The van der Waals surface area contributed by atoms with E-state index in [9.17, 15) is 0 Å². The van der Waals surface area contributed by atoms with Gasteiger partial charge in [-0.2, -0.15) is 0 Å². The first-order valence-electron chi connectivity index (χ1n) is 4.91. The molecule has 0 aromatic carbocycles. The predicted octanol–water partition coefficient (Wildman–Crippen LogP) is 2.23. The number of likely N-dealkylation sites (N-methyl/N-ethyl adjacent to an activating group) is 1. The van der Waals surface area contributed by atoms with Crippen molar-refractivity contribution in [3.8, 4) is 0 Å². The standard InChI is InChI=1S/C9H23NOSi/c1-5-6-9-12(3,4)11-8-7-10-2/h10H,5-9H2,1-4H3. The Labute approximate surface area is 77.8 Å². The Morgan fingerprint density at radius 1 is 1.33 bits per heavy atom. The minimum Gasteiger partial charge on any atom is -0.416 e. The van der Waals surface area contributed by atoms with Crippen molar-refractivity contribution >= 4 is 8.32 Å². The summed E-state index contributed by atoms with van der Waals surface area (Å²) in [4.78, 5) is 0. The third kappa shape index (κ3) is 6.82. The SMILES string of the molecule is CCCC[Si](C)(C)OCCNC. The molecule has 0 saturated heterocycles. The van der Waals surface area contributed by atoms with E-state index >= 15 is 0 Å². The molecule has 0 spiro atoms. The van der Waals surface area contributed by atoms with Crippen LogP contribution in [0.5, 0.6) is 0 Å². The molecular formula is C9H23NOSi. The van der Waals surface area contributed by atoms with E-state index in [0.717, 1.165) is 13.2 Å². The van der Waals surface area contributed by atoms with E-state index in [0.29, 0.717) is 0 Å². The highest BCUT2D eigenvalue weighted by Crippen LogP contribution is 2.14. The molecule has 0 bridgehead atoms. The summed E-state index contributed by atoms with van der Waals surface area (Å²) in [5.74, 6) is 0. The van der Waals surface area contributed by atoms with Gasteiger partial charge in [0.15, 0.2) is 8.32 Å². The van der Waals surface area contributed by atoms with Gasteiger partial charge in [-0.3, -0.25) is 0 Å². The number of nitrogens with one attached hydrogen (secondary N) is 1. The molecule has 3 heteroatoms. The summed E-state index contributed by atoms with van der Waals surface area (Å²) in [6, 6.07) is 1.30. The average Bonchev–Trinajstić information content (AvgIpc) is 2.01. The van der Waals surface area contributed by atoms with Crippen LogP contribution in [0, 0.1) is 0 Å². The zero-order valence-corrected chi connectivity index (χ0v) is 9.94. The van der Waals surface area contributed by atoms with Crippen LogP contribution in [0.3, 0.4) is 0 Å². The first-order valence-corrected chi connectivity index (χ1v) is 8.02. The predicted molar refractivity (Wildman–Crippen MR) is 57.1 cm³/mol. The lowest BCUT2D eigenvalue weighted by Gasteiger charge is -2.22.